The number of unbranched alkanes of at least 4 members (excludes halogenated alkanes) is 1. The van der Waals surface area contributed by atoms with Crippen molar-refractivity contribution in [2.45, 2.75) is 25.9 Å². The summed E-state index contributed by atoms with van der Waals surface area (Å²) in [6.07, 6.45) is -2.82. The first-order valence-electron chi connectivity index (χ1n) is 6.39. The average Bonchev–Trinajstić information content (AvgIpc) is 2.83. The molecule has 0 bridgehead atoms. The van der Waals surface area contributed by atoms with Gasteiger partial charge in [-0.15, -0.1) is 0 Å². The van der Waals surface area contributed by atoms with Gasteiger partial charge in [0.2, 0.25) is 0 Å². The summed E-state index contributed by atoms with van der Waals surface area (Å²) in [5, 5.41) is 0.368. The smallest absolute Gasteiger partial charge is 0.431 e. The molecule has 2 aromatic rings. The van der Waals surface area contributed by atoms with Gasteiger partial charge >= 0.3 is 12.1 Å². The molecule has 0 aliphatic heterocycles. The lowest BCUT2D eigenvalue weighted by Crippen LogP contribution is -2.06. The van der Waals surface area contributed by atoms with Crippen LogP contribution in [0.2, 0.25) is 0 Å². The molecule has 7 heteroatoms. The van der Waals surface area contributed by atoms with E-state index in [4.69, 9.17) is 4.74 Å². The summed E-state index contributed by atoms with van der Waals surface area (Å²) >= 11 is 3.18. The van der Waals surface area contributed by atoms with E-state index in [1.54, 1.807) is 0 Å². The molecule has 0 fully saturated rings. The molecule has 1 aromatic heterocycles. The molecule has 2 rings (SSSR count). The van der Waals surface area contributed by atoms with E-state index in [0.29, 0.717) is 16.5 Å². The zero-order valence-corrected chi connectivity index (χ0v) is 12.8. The Morgan fingerprint density at radius 3 is 2.67 bits per heavy atom. The SMILES string of the molecule is CCCCOC(=O)c1cc(Br)c2cc(C(F)(F)F)[nH]c2c1. The number of rotatable bonds is 4. The number of aromatic amines is 1. The Balaban J connectivity index is 2.33. The summed E-state index contributed by atoms with van der Waals surface area (Å²) in [5.74, 6) is -0.547. The normalized spacial score (nSPS) is 11.9. The van der Waals surface area contributed by atoms with E-state index < -0.39 is 17.8 Å². The Morgan fingerprint density at radius 1 is 1.33 bits per heavy atom. The van der Waals surface area contributed by atoms with E-state index in [9.17, 15) is 18.0 Å². The molecule has 21 heavy (non-hydrogen) atoms. The number of carbonyl (C=O) groups excluding carboxylic acids is 1. The highest BCUT2D eigenvalue weighted by molar-refractivity contribution is 9.10. The second-order valence-electron chi connectivity index (χ2n) is 4.59. The molecule has 0 spiro atoms. The van der Waals surface area contributed by atoms with Crippen LogP contribution in [0.4, 0.5) is 13.2 Å². The molecule has 0 aliphatic rings. The quantitative estimate of drug-likeness (QED) is 0.619. The van der Waals surface area contributed by atoms with Gasteiger partial charge in [0, 0.05) is 15.4 Å². The number of benzene rings is 1. The third kappa shape index (κ3) is 3.58. The van der Waals surface area contributed by atoms with E-state index in [1.165, 1.54) is 12.1 Å². The highest BCUT2D eigenvalue weighted by Crippen LogP contribution is 2.34. The molecular formula is C14H13BrF3NO2. The first kappa shape index (κ1) is 15.9. The van der Waals surface area contributed by atoms with Gasteiger partial charge < -0.3 is 9.72 Å². The van der Waals surface area contributed by atoms with Gasteiger partial charge in [-0.25, -0.2) is 4.79 Å². The van der Waals surface area contributed by atoms with Crippen LogP contribution in [0.5, 0.6) is 0 Å². The van der Waals surface area contributed by atoms with Crippen molar-refractivity contribution in [1.82, 2.24) is 4.98 Å². The van der Waals surface area contributed by atoms with Crippen LogP contribution in [0.15, 0.2) is 22.7 Å². The fourth-order valence-corrected chi connectivity index (χ4v) is 2.43. The number of H-pyrrole nitrogens is 1. The Hall–Kier alpha value is -1.50. The van der Waals surface area contributed by atoms with Crippen LogP contribution < -0.4 is 0 Å². The van der Waals surface area contributed by atoms with Crippen molar-refractivity contribution in [3.05, 3.63) is 33.9 Å². The third-order valence-electron chi connectivity index (χ3n) is 2.96. The van der Waals surface area contributed by atoms with Gasteiger partial charge in [0.1, 0.15) is 5.69 Å². The standard InChI is InChI=1S/C14H13BrF3NO2/c1-2-3-4-21-13(20)8-5-10(15)9-7-12(14(16,17)18)19-11(9)6-8/h5-7,19H,2-4H2,1H3. The predicted molar refractivity (Wildman–Crippen MR) is 76.2 cm³/mol. The van der Waals surface area contributed by atoms with Crippen LogP contribution in [0.25, 0.3) is 10.9 Å². The lowest BCUT2D eigenvalue weighted by atomic mass is 10.1. The van der Waals surface area contributed by atoms with Gasteiger partial charge in [-0.1, -0.05) is 29.3 Å². The molecule has 0 atom stereocenters. The summed E-state index contributed by atoms with van der Waals surface area (Å²) < 4.78 is 43.5. The van der Waals surface area contributed by atoms with Gasteiger partial charge in [-0.2, -0.15) is 13.2 Å². The van der Waals surface area contributed by atoms with Crippen LogP contribution in [-0.4, -0.2) is 17.6 Å². The minimum atomic E-state index is -4.46. The van der Waals surface area contributed by atoms with Crippen molar-refractivity contribution in [2.24, 2.45) is 0 Å². The molecule has 0 saturated heterocycles. The molecule has 0 radical (unpaired) electrons. The van der Waals surface area contributed by atoms with Crippen LogP contribution in [-0.2, 0) is 10.9 Å². The number of fused-ring (bicyclic) bond motifs is 1. The van der Waals surface area contributed by atoms with Gasteiger partial charge in [0.15, 0.2) is 0 Å². The van der Waals surface area contributed by atoms with Crippen molar-refractivity contribution < 1.29 is 22.7 Å². The van der Waals surface area contributed by atoms with E-state index in [-0.39, 0.29) is 11.1 Å². The van der Waals surface area contributed by atoms with Crippen molar-refractivity contribution >= 4 is 32.8 Å². The van der Waals surface area contributed by atoms with Crippen molar-refractivity contribution in [2.75, 3.05) is 6.61 Å². The summed E-state index contributed by atoms with van der Waals surface area (Å²) in [4.78, 5) is 14.1. The predicted octanol–water partition coefficient (Wildman–Crippen LogP) is 4.91. The molecule has 1 aromatic carbocycles. The second kappa shape index (κ2) is 6.09. The maximum absolute atomic E-state index is 12.7. The third-order valence-corrected chi connectivity index (χ3v) is 3.62. The Bertz CT molecular complexity index is 664. The average molecular weight is 364 g/mol. The van der Waals surface area contributed by atoms with Crippen LogP contribution >= 0.6 is 15.9 Å². The molecular weight excluding hydrogens is 351 g/mol. The van der Waals surface area contributed by atoms with Crippen molar-refractivity contribution in [1.29, 1.82) is 0 Å². The molecule has 0 saturated carbocycles. The van der Waals surface area contributed by atoms with E-state index in [2.05, 4.69) is 20.9 Å². The van der Waals surface area contributed by atoms with E-state index in [0.717, 1.165) is 18.9 Å². The van der Waals surface area contributed by atoms with Crippen molar-refractivity contribution in [3.63, 3.8) is 0 Å². The van der Waals surface area contributed by atoms with Gasteiger partial charge in [-0.3, -0.25) is 0 Å². The van der Waals surface area contributed by atoms with Gasteiger partial charge in [-0.05, 0) is 24.6 Å². The molecule has 0 amide bonds. The maximum atomic E-state index is 12.7. The van der Waals surface area contributed by atoms with E-state index in [1.807, 2.05) is 6.92 Å². The maximum Gasteiger partial charge on any atom is 0.431 e. The van der Waals surface area contributed by atoms with E-state index >= 15 is 0 Å². The van der Waals surface area contributed by atoms with Crippen LogP contribution in [0.1, 0.15) is 35.8 Å². The highest BCUT2D eigenvalue weighted by Gasteiger charge is 2.33. The number of aromatic nitrogens is 1. The first-order valence-corrected chi connectivity index (χ1v) is 7.19. The molecule has 0 aliphatic carbocycles. The summed E-state index contributed by atoms with van der Waals surface area (Å²) in [6, 6.07) is 3.83. The van der Waals surface area contributed by atoms with Crippen molar-refractivity contribution in [3.8, 4) is 0 Å². The molecule has 3 nitrogen and oxygen atoms in total. The zero-order valence-electron chi connectivity index (χ0n) is 11.2. The number of hydrogen-bond acceptors (Lipinski definition) is 2. The summed E-state index contributed by atoms with van der Waals surface area (Å²) in [6.45, 7) is 2.26. The molecule has 1 heterocycles. The fourth-order valence-electron chi connectivity index (χ4n) is 1.86. The Morgan fingerprint density at radius 2 is 2.05 bits per heavy atom. The molecule has 1 N–H and O–H groups in total. The second-order valence-corrected chi connectivity index (χ2v) is 5.44. The first-order chi connectivity index (χ1) is 9.82. The number of alkyl halides is 3. The number of carbonyl (C=O) groups is 1. The highest BCUT2D eigenvalue weighted by atomic mass is 79.9. The molecule has 114 valence electrons. The summed E-state index contributed by atoms with van der Waals surface area (Å²) in [7, 11) is 0. The number of ether oxygens (including phenoxy) is 1. The number of nitrogens with one attached hydrogen (secondary N) is 1. The number of hydrogen-bond donors (Lipinski definition) is 1. The minimum absolute atomic E-state index is 0.209. The minimum Gasteiger partial charge on any atom is -0.462 e. The zero-order chi connectivity index (χ0) is 15.6. The number of halogens is 4. The van der Waals surface area contributed by atoms with Crippen LogP contribution in [0.3, 0.4) is 0 Å². The molecule has 0 unspecified atom stereocenters. The van der Waals surface area contributed by atoms with Crippen LogP contribution in [0, 0.1) is 0 Å². The Labute approximate surface area is 127 Å². The Kier molecular flexibility index (Phi) is 4.61. The largest absolute Gasteiger partial charge is 0.462 e. The monoisotopic (exact) mass is 363 g/mol. The lowest BCUT2D eigenvalue weighted by Gasteiger charge is -2.05. The topological polar surface area (TPSA) is 42.1 Å². The van der Waals surface area contributed by atoms with Gasteiger partial charge in [0.05, 0.1) is 12.2 Å². The summed E-state index contributed by atoms with van der Waals surface area (Å²) in [5.41, 5.74) is -0.408. The number of esters is 1. The fraction of sp³-hybridized carbons (Fsp3) is 0.357. The lowest BCUT2D eigenvalue weighted by molar-refractivity contribution is -0.140. The van der Waals surface area contributed by atoms with Gasteiger partial charge in [0.25, 0.3) is 0 Å².